The van der Waals surface area contributed by atoms with Crippen LogP contribution in [0, 0.1) is 6.92 Å². The summed E-state index contributed by atoms with van der Waals surface area (Å²) in [4.78, 5) is 12.2. The van der Waals surface area contributed by atoms with Crippen LogP contribution in [-0.4, -0.2) is 34.7 Å². The van der Waals surface area contributed by atoms with Crippen molar-refractivity contribution in [3.8, 4) is 0 Å². The number of hydrogen-bond acceptors (Lipinski definition) is 3. The summed E-state index contributed by atoms with van der Waals surface area (Å²) < 4.78 is 11.0. The van der Waals surface area contributed by atoms with Crippen LogP contribution >= 0.6 is 0 Å². The van der Waals surface area contributed by atoms with Gasteiger partial charge < -0.3 is 10.6 Å². The van der Waals surface area contributed by atoms with E-state index < -0.39 is 10.8 Å². The van der Waals surface area contributed by atoms with Gasteiger partial charge in [-0.1, -0.05) is 0 Å². The van der Waals surface area contributed by atoms with Gasteiger partial charge in [-0.15, -0.1) is 0 Å². The normalized spacial score (nSPS) is 13.6. The average Bonchev–Trinajstić information content (AvgIpc) is 2.36. The minimum absolute atomic E-state index is 0.0271. The van der Waals surface area contributed by atoms with Crippen LogP contribution in [0.15, 0.2) is 18.2 Å². The van der Waals surface area contributed by atoms with E-state index in [0.717, 1.165) is 24.2 Å². The van der Waals surface area contributed by atoms with Crippen molar-refractivity contribution in [2.45, 2.75) is 33.2 Å². The highest BCUT2D eigenvalue weighted by atomic mass is 32.2. The molecule has 0 aromatic heterocycles. The first kappa shape index (κ1) is 16.7. The molecule has 0 radical (unpaired) electrons. The molecule has 5 heteroatoms. The van der Waals surface area contributed by atoms with Crippen LogP contribution in [0.25, 0.3) is 0 Å². The van der Waals surface area contributed by atoms with Gasteiger partial charge in [0.25, 0.3) is 5.91 Å². The molecule has 0 fully saturated rings. The van der Waals surface area contributed by atoms with E-state index in [1.807, 2.05) is 39.0 Å². The van der Waals surface area contributed by atoms with E-state index in [-0.39, 0.29) is 11.9 Å². The van der Waals surface area contributed by atoms with Crippen molar-refractivity contribution in [1.29, 1.82) is 0 Å². The van der Waals surface area contributed by atoms with Crippen molar-refractivity contribution in [2.24, 2.45) is 0 Å². The summed E-state index contributed by atoms with van der Waals surface area (Å²) in [5, 5.41) is 6.17. The van der Waals surface area contributed by atoms with Crippen molar-refractivity contribution < 1.29 is 9.00 Å². The minimum Gasteiger partial charge on any atom is -0.385 e. The van der Waals surface area contributed by atoms with Crippen molar-refractivity contribution in [3.63, 3.8) is 0 Å². The van der Waals surface area contributed by atoms with Gasteiger partial charge in [0.2, 0.25) is 0 Å². The molecule has 112 valence electrons. The highest BCUT2D eigenvalue weighted by Crippen LogP contribution is 2.15. The van der Waals surface area contributed by atoms with Crippen LogP contribution in [0.2, 0.25) is 0 Å². The molecule has 0 aliphatic rings. The average molecular weight is 296 g/mol. The monoisotopic (exact) mass is 296 g/mol. The van der Waals surface area contributed by atoms with Crippen LogP contribution < -0.4 is 10.6 Å². The predicted molar refractivity (Wildman–Crippen MR) is 85.8 cm³/mol. The molecule has 1 aromatic carbocycles. The second kappa shape index (κ2) is 8.04. The molecule has 0 saturated carbocycles. The summed E-state index contributed by atoms with van der Waals surface area (Å²) in [7, 11) is -0.815. The van der Waals surface area contributed by atoms with Crippen LogP contribution in [0.5, 0.6) is 0 Å². The largest absolute Gasteiger partial charge is 0.385 e. The van der Waals surface area contributed by atoms with Crippen LogP contribution in [0.3, 0.4) is 0 Å². The number of carbonyl (C=O) groups excluding carboxylic acids is 1. The number of rotatable bonds is 7. The van der Waals surface area contributed by atoms with Gasteiger partial charge in [0, 0.05) is 46.6 Å². The van der Waals surface area contributed by atoms with Gasteiger partial charge in [0.1, 0.15) is 0 Å². The highest BCUT2D eigenvalue weighted by Gasteiger charge is 2.12. The lowest BCUT2D eigenvalue weighted by atomic mass is 10.1. The van der Waals surface area contributed by atoms with E-state index in [1.165, 1.54) is 0 Å². The van der Waals surface area contributed by atoms with Crippen LogP contribution in [0.4, 0.5) is 5.69 Å². The van der Waals surface area contributed by atoms with Gasteiger partial charge in [-0.05, 0) is 51.0 Å². The summed E-state index contributed by atoms with van der Waals surface area (Å²) in [6.45, 7) is 6.76. The molecule has 0 aliphatic heterocycles. The Bertz CT molecular complexity index is 489. The number of carbonyl (C=O) groups is 1. The molecule has 20 heavy (non-hydrogen) atoms. The van der Waals surface area contributed by atoms with Crippen LogP contribution in [0.1, 0.15) is 36.2 Å². The van der Waals surface area contributed by atoms with Gasteiger partial charge in [-0.25, -0.2) is 0 Å². The lowest BCUT2D eigenvalue weighted by Crippen LogP contribution is -2.33. The van der Waals surface area contributed by atoms with Crippen molar-refractivity contribution in [1.82, 2.24) is 5.32 Å². The van der Waals surface area contributed by atoms with Crippen LogP contribution in [-0.2, 0) is 10.8 Å². The van der Waals surface area contributed by atoms with Gasteiger partial charge in [0.05, 0.1) is 0 Å². The number of nitrogens with one attached hydrogen (secondary N) is 2. The summed E-state index contributed by atoms with van der Waals surface area (Å²) >= 11 is 0. The smallest absolute Gasteiger partial charge is 0.251 e. The van der Waals surface area contributed by atoms with E-state index in [1.54, 1.807) is 6.26 Å². The third-order valence-corrected chi connectivity index (χ3v) is 3.88. The summed E-state index contributed by atoms with van der Waals surface area (Å²) in [6.07, 6.45) is 2.40. The fourth-order valence-corrected chi connectivity index (χ4v) is 2.63. The Balaban J connectivity index is 2.65. The number of benzene rings is 1. The fraction of sp³-hybridized carbons (Fsp3) is 0.533. The molecule has 0 saturated heterocycles. The van der Waals surface area contributed by atoms with Gasteiger partial charge in [0.15, 0.2) is 0 Å². The molecule has 2 N–H and O–H groups in total. The standard InChI is InChI=1S/C15H24N2O2S/c1-5-16-13-6-7-14(11(2)10-13)15(18)17-12(3)8-9-20(4)19/h6-7,10,12,16H,5,8-9H2,1-4H3,(H,17,18). The molecule has 2 unspecified atom stereocenters. The molecule has 0 aliphatic carbocycles. The predicted octanol–water partition coefficient (Wildman–Crippen LogP) is 2.31. The molecular formula is C15H24N2O2S. The summed E-state index contributed by atoms with van der Waals surface area (Å²) in [6, 6.07) is 5.76. The molecule has 1 rings (SSSR count). The summed E-state index contributed by atoms with van der Waals surface area (Å²) in [5.41, 5.74) is 2.67. The molecule has 0 heterocycles. The topological polar surface area (TPSA) is 58.2 Å². The van der Waals surface area contributed by atoms with E-state index in [2.05, 4.69) is 10.6 Å². The van der Waals surface area contributed by atoms with Crippen molar-refractivity contribution >= 4 is 22.4 Å². The Hall–Kier alpha value is -1.36. The third kappa shape index (κ3) is 5.33. The number of hydrogen-bond donors (Lipinski definition) is 2. The van der Waals surface area contributed by atoms with Crippen molar-refractivity contribution in [3.05, 3.63) is 29.3 Å². The molecule has 1 amide bonds. The first-order valence-electron chi connectivity index (χ1n) is 6.89. The number of aryl methyl sites for hydroxylation is 1. The highest BCUT2D eigenvalue weighted by molar-refractivity contribution is 7.84. The Labute approximate surface area is 123 Å². The SMILES string of the molecule is CCNc1ccc(C(=O)NC(C)CCS(C)=O)c(C)c1. The lowest BCUT2D eigenvalue weighted by Gasteiger charge is -2.15. The Kier molecular flexibility index (Phi) is 6.71. The second-order valence-electron chi connectivity index (χ2n) is 5.00. The second-order valence-corrected chi connectivity index (χ2v) is 6.56. The molecule has 1 aromatic rings. The minimum atomic E-state index is -0.815. The molecule has 4 nitrogen and oxygen atoms in total. The zero-order valence-corrected chi connectivity index (χ0v) is 13.5. The van der Waals surface area contributed by atoms with E-state index >= 15 is 0 Å². The lowest BCUT2D eigenvalue weighted by molar-refractivity contribution is 0.0939. The first-order chi connectivity index (χ1) is 9.43. The molecule has 0 bridgehead atoms. The van der Waals surface area contributed by atoms with E-state index in [4.69, 9.17) is 0 Å². The van der Waals surface area contributed by atoms with Gasteiger partial charge >= 0.3 is 0 Å². The fourth-order valence-electron chi connectivity index (χ4n) is 1.95. The Morgan fingerprint density at radius 1 is 1.40 bits per heavy atom. The number of anilines is 1. The number of amides is 1. The maximum absolute atomic E-state index is 12.2. The van der Waals surface area contributed by atoms with Gasteiger partial charge in [-0.3, -0.25) is 9.00 Å². The van der Waals surface area contributed by atoms with E-state index in [0.29, 0.717) is 11.3 Å². The molecule has 2 atom stereocenters. The summed E-state index contributed by atoms with van der Waals surface area (Å²) in [5.74, 6) is 0.541. The zero-order chi connectivity index (χ0) is 15.1. The zero-order valence-electron chi connectivity index (χ0n) is 12.7. The quantitative estimate of drug-likeness (QED) is 0.812. The first-order valence-corrected chi connectivity index (χ1v) is 8.62. The molecular weight excluding hydrogens is 272 g/mol. The third-order valence-electron chi connectivity index (χ3n) is 3.07. The van der Waals surface area contributed by atoms with Crippen molar-refractivity contribution in [2.75, 3.05) is 23.9 Å². The molecule has 0 spiro atoms. The van der Waals surface area contributed by atoms with E-state index in [9.17, 15) is 9.00 Å². The van der Waals surface area contributed by atoms with Gasteiger partial charge in [-0.2, -0.15) is 0 Å². The maximum atomic E-state index is 12.2. The Morgan fingerprint density at radius 2 is 2.10 bits per heavy atom. The maximum Gasteiger partial charge on any atom is 0.251 e. The Morgan fingerprint density at radius 3 is 2.65 bits per heavy atom.